The maximum Gasteiger partial charge on any atom is 0.251 e. The average Bonchev–Trinajstić information content (AvgIpc) is 3.27. The third-order valence-corrected chi connectivity index (χ3v) is 4.67. The van der Waals surface area contributed by atoms with E-state index < -0.39 is 0 Å². The van der Waals surface area contributed by atoms with Gasteiger partial charge in [-0.2, -0.15) is 5.10 Å². The predicted octanol–water partition coefficient (Wildman–Crippen LogP) is 3.39. The van der Waals surface area contributed by atoms with Crippen LogP contribution in [0.2, 0.25) is 5.02 Å². The molecule has 2 aromatic carbocycles. The molecule has 7 heteroatoms. The van der Waals surface area contributed by atoms with Crippen molar-refractivity contribution in [2.75, 3.05) is 13.1 Å². The highest BCUT2D eigenvalue weighted by atomic mass is 35.5. The number of amides is 2. The standard InChI is InChI=1S/C22H23ClN4O2/c23-19-8-6-18(7-9-19)22(29)25-13-1-3-21(28)24-15-12-17-4-10-20(11-5-17)27-16-2-14-26-27/h2,4-11,14,16H,1,3,12-13,15H2,(H,24,28)(H,25,29). The van der Waals surface area contributed by atoms with Crippen molar-refractivity contribution in [1.82, 2.24) is 20.4 Å². The van der Waals surface area contributed by atoms with Gasteiger partial charge in [-0.05, 0) is 60.9 Å². The van der Waals surface area contributed by atoms with Gasteiger partial charge in [0.25, 0.3) is 5.91 Å². The molecule has 1 aromatic heterocycles. The van der Waals surface area contributed by atoms with E-state index in [9.17, 15) is 9.59 Å². The van der Waals surface area contributed by atoms with Crippen molar-refractivity contribution in [3.63, 3.8) is 0 Å². The molecular formula is C22H23ClN4O2. The van der Waals surface area contributed by atoms with Gasteiger partial charge in [0.05, 0.1) is 5.69 Å². The number of aromatic nitrogens is 2. The fourth-order valence-electron chi connectivity index (χ4n) is 2.83. The second-order valence-electron chi connectivity index (χ2n) is 6.58. The van der Waals surface area contributed by atoms with Crippen LogP contribution in [0.4, 0.5) is 0 Å². The average molecular weight is 411 g/mol. The molecule has 0 bridgehead atoms. The van der Waals surface area contributed by atoms with E-state index in [4.69, 9.17) is 11.6 Å². The number of halogens is 1. The van der Waals surface area contributed by atoms with E-state index in [0.29, 0.717) is 36.5 Å². The molecule has 0 aliphatic rings. The smallest absolute Gasteiger partial charge is 0.251 e. The van der Waals surface area contributed by atoms with Crippen LogP contribution in [0.15, 0.2) is 67.0 Å². The fourth-order valence-corrected chi connectivity index (χ4v) is 2.95. The quantitative estimate of drug-likeness (QED) is 0.531. The largest absolute Gasteiger partial charge is 0.356 e. The van der Waals surface area contributed by atoms with Gasteiger partial charge in [0.2, 0.25) is 5.91 Å². The second kappa shape index (κ2) is 10.4. The van der Waals surface area contributed by atoms with E-state index in [0.717, 1.165) is 17.7 Å². The summed E-state index contributed by atoms with van der Waals surface area (Å²) in [6.07, 6.45) is 5.36. The Morgan fingerprint density at radius 3 is 2.41 bits per heavy atom. The lowest BCUT2D eigenvalue weighted by atomic mass is 10.1. The number of benzene rings is 2. The lowest BCUT2D eigenvalue weighted by molar-refractivity contribution is -0.121. The van der Waals surface area contributed by atoms with Crippen molar-refractivity contribution in [3.8, 4) is 5.69 Å². The summed E-state index contributed by atoms with van der Waals surface area (Å²) in [5.41, 5.74) is 2.71. The molecule has 150 valence electrons. The lowest BCUT2D eigenvalue weighted by Gasteiger charge is -2.08. The molecule has 0 fully saturated rings. The third-order valence-electron chi connectivity index (χ3n) is 4.41. The van der Waals surface area contributed by atoms with Gasteiger partial charge in [-0.15, -0.1) is 0 Å². The number of carbonyl (C=O) groups is 2. The molecule has 3 rings (SSSR count). The Labute approximate surface area is 174 Å². The van der Waals surface area contributed by atoms with Gasteiger partial charge in [-0.25, -0.2) is 4.68 Å². The van der Waals surface area contributed by atoms with E-state index in [1.165, 1.54) is 0 Å². The van der Waals surface area contributed by atoms with Crippen LogP contribution in [0.3, 0.4) is 0 Å². The first kappa shape index (κ1) is 20.6. The van der Waals surface area contributed by atoms with Gasteiger partial charge < -0.3 is 10.6 Å². The Morgan fingerprint density at radius 1 is 0.966 bits per heavy atom. The van der Waals surface area contributed by atoms with Crippen LogP contribution in [-0.2, 0) is 11.2 Å². The Balaban J connectivity index is 1.30. The topological polar surface area (TPSA) is 76.0 Å². The van der Waals surface area contributed by atoms with Crippen LogP contribution in [0, 0.1) is 0 Å². The van der Waals surface area contributed by atoms with Crippen molar-refractivity contribution in [2.45, 2.75) is 19.3 Å². The molecule has 3 aromatic rings. The van der Waals surface area contributed by atoms with Gasteiger partial charge in [-0.3, -0.25) is 9.59 Å². The molecular weight excluding hydrogens is 388 g/mol. The summed E-state index contributed by atoms with van der Waals surface area (Å²) in [7, 11) is 0. The third kappa shape index (κ3) is 6.47. The first-order valence-electron chi connectivity index (χ1n) is 9.51. The van der Waals surface area contributed by atoms with Crippen LogP contribution in [0.25, 0.3) is 5.69 Å². The van der Waals surface area contributed by atoms with E-state index in [1.807, 2.05) is 36.5 Å². The van der Waals surface area contributed by atoms with Crippen LogP contribution >= 0.6 is 11.6 Å². The second-order valence-corrected chi connectivity index (χ2v) is 7.02. The van der Waals surface area contributed by atoms with Crippen LogP contribution in [0.5, 0.6) is 0 Å². The minimum Gasteiger partial charge on any atom is -0.356 e. The summed E-state index contributed by atoms with van der Waals surface area (Å²) in [6, 6.07) is 16.7. The van der Waals surface area contributed by atoms with Gasteiger partial charge in [0.1, 0.15) is 0 Å². The van der Waals surface area contributed by atoms with E-state index in [2.05, 4.69) is 15.7 Å². The number of carbonyl (C=O) groups excluding carboxylic acids is 2. The highest BCUT2D eigenvalue weighted by molar-refractivity contribution is 6.30. The van der Waals surface area contributed by atoms with Crippen molar-refractivity contribution >= 4 is 23.4 Å². The first-order chi connectivity index (χ1) is 14.1. The number of nitrogens with one attached hydrogen (secondary N) is 2. The van der Waals surface area contributed by atoms with Gasteiger partial charge >= 0.3 is 0 Å². The summed E-state index contributed by atoms with van der Waals surface area (Å²) >= 11 is 5.81. The molecule has 0 unspecified atom stereocenters. The van der Waals surface area contributed by atoms with E-state index >= 15 is 0 Å². The molecule has 0 aliphatic carbocycles. The summed E-state index contributed by atoms with van der Waals surface area (Å²) < 4.78 is 1.80. The van der Waals surface area contributed by atoms with Gasteiger partial charge in [0, 0.05) is 42.5 Å². The zero-order chi connectivity index (χ0) is 20.5. The fraction of sp³-hybridized carbons (Fsp3) is 0.227. The molecule has 1 heterocycles. The Morgan fingerprint density at radius 2 is 1.72 bits per heavy atom. The maximum atomic E-state index is 12.0. The van der Waals surface area contributed by atoms with E-state index in [1.54, 1.807) is 35.1 Å². The van der Waals surface area contributed by atoms with Crippen molar-refractivity contribution in [1.29, 1.82) is 0 Å². The highest BCUT2D eigenvalue weighted by Crippen LogP contribution is 2.10. The van der Waals surface area contributed by atoms with Crippen LogP contribution in [0.1, 0.15) is 28.8 Å². The van der Waals surface area contributed by atoms with Crippen molar-refractivity contribution in [2.24, 2.45) is 0 Å². The molecule has 2 N–H and O–H groups in total. The SMILES string of the molecule is O=C(CCCNC(=O)c1ccc(Cl)cc1)NCCc1ccc(-n2cccn2)cc1. The minimum atomic E-state index is -0.166. The molecule has 0 spiro atoms. The monoisotopic (exact) mass is 410 g/mol. The summed E-state index contributed by atoms with van der Waals surface area (Å²) in [4.78, 5) is 23.9. The van der Waals surface area contributed by atoms with Crippen molar-refractivity contribution in [3.05, 3.63) is 83.1 Å². The molecule has 29 heavy (non-hydrogen) atoms. The van der Waals surface area contributed by atoms with Gasteiger partial charge in [0.15, 0.2) is 0 Å². The number of hydrogen-bond donors (Lipinski definition) is 2. The Bertz CT molecular complexity index is 922. The normalized spacial score (nSPS) is 10.5. The molecule has 0 saturated carbocycles. The van der Waals surface area contributed by atoms with Crippen LogP contribution < -0.4 is 10.6 Å². The molecule has 0 atom stereocenters. The molecule has 0 aliphatic heterocycles. The Hall–Kier alpha value is -3.12. The summed E-state index contributed by atoms with van der Waals surface area (Å²) in [5, 5.41) is 10.5. The summed E-state index contributed by atoms with van der Waals surface area (Å²) in [5.74, 6) is -0.181. The molecule has 0 radical (unpaired) electrons. The Kier molecular flexibility index (Phi) is 7.41. The van der Waals surface area contributed by atoms with E-state index in [-0.39, 0.29) is 11.8 Å². The molecule has 6 nitrogen and oxygen atoms in total. The molecule has 2 amide bonds. The maximum absolute atomic E-state index is 12.0. The minimum absolute atomic E-state index is 0.0149. The first-order valence-corrected chi connectivity index (χ1v) is 9.89. The molecule has 0 saturated heterocycles. The summed E-state index contributed by atoms with van der Waals surface area (Å²) in [6.45, 7) is 1.03. The van der Waals surface area contributed by atoms with Gasteiger partial charge in [-0.1, -0.05) is 23.7 Å². The number of hydrogen-bond acceptors (Lipinski definition) is 3. The number of rotatable bonds is 9. The zero-order valence-corrected chi connectivity index (χ0v) is 16.7. The zero-order valence-electron chi connectivity index (χ0n) is 16.0. The van der Waals surface area contributed by atoms with Crippen molar-refractivity contribution < 1.29 is 9.59 Å². The predicted molar refractivity (Wildman–Crippen MR) is 113 cm³/mol. The lowest BCUT2D eigenvalue weighted by Crippen LogP contribution is -2.28. The highest BCUT2D eigenvalue weighted by Gasteiger charge is 2.06. The van der Waals surface area contributed by atoms with Crippen LogP contribution in [-0.4, -0.2) is 34.7 Å². The number of nitrogens with zero attached hydrogens (tertiary/aromatic N) is 2.